The van der Waals surface area contributed by atoms with Crippen molar-refractivity contribution in [1.29, 1.82) is 0 Å². The number of ether oxygens (including phenoxy) is 1. The van der Waals surface area contributed by atoms with Gasteiger partial charge in [-0.2, -0.15) is 0 Å². The van der Waals surface area contributed by atoms with Gasteiger partial charge in [0.05, 0.1) is 6.33 Å². The first-order valence-corrected chi connectivity index (χ1v) is 10.1. The van der Waals surface area contributed by atoms with Gasteiger partial charge in [0.2, 0.25) is 0 Å². The molecule has 1 aromatic carbocycles. The number of aromatic amines is 1. The van der Waals surface area contributed by atoms with E-state index in [0.717, 1.165) is 44.0 Å². The topological polar surface area (TPSA) is 73.4 Å². The van der Waals surface area contributed by atoms with Crippen LogP contribution >= 0.6 is 0 Å². The van der Waals surface area contributed by atoms with Gasteiger partial charge < -0.3 is 25.0 Å². The lowest BCUT2D eigenvalue weighted by Crippen LogP contribution is -2.36. The highest BCUT2D eigenvalue weighted by Gasteiger charge is 2.14. The van der Waals surface area contributed by atoms with Gasteiger partial charge in [0.1, 0.15) is 18.5 Å². The molecule has 1 atom stereocenters. The number of H-pyrrole nitrogens is 1. The van der Waals surface area contributed by atoms with E-state index < -0.39 is 6.10 Å². The minimum Gasteiger partial charge on any atom is -0.491 e. The van der Waals surface area contributed by atoms with Crippen molar-refractivity contribution >= 4 is 0 Å². The predicted molar refractivity (Wildman–Crippen MR) is 107 cm³/mol. The summed E-state index contributed by atoms with van der Waals surface area (Å²) in [5.74, 6) is 0.817. The Morgan fingerprint density at radius 3 is 2.85 bits per heavy atom. The molecule has 3 rings (SSSR count). The Bertz CT molecular complexity index is 639. The van der Waals surface area contributed by atoms with Crippen LogP contribution in [0.4, 0.5) is 0 Å². The molecule has 0 bridgehead atoms. The second-order valence-electron chi connectivity index (χ2n) is 7.33. The number of nitrogens with one attached hydrogen (secondary N) is 2. The fourth-order valence-corrected chi connectivity index (χ4v) is 3.48. The van der Waals surface area contributed by atoms with E-state index in [-0.39, 0.29) is 0 Å². The van der Waals surface area contributed by atoms with Gasteiger partial charge in [-0.05, 0) is 43.6 Å². The largest absolute Gasteiger partial charge is 0.491 e. The van der Waals surface area contributed by atoms with Crippen molar-refractivity contribution in [2.45, 2.75) is 44.8 Å². The number of imidazole rings is 1. The zero-order chi connectivity index (χ0) is 18.7. The van der Waals surface area contributed by atoms with Gasteiger partial charge in [-0.25, -0.2) is 4.98 Å². The molecule has 2 aromatic rings. The number of benzene rings is 1. The summed E-state index contributed by atoms with van der Waals surface area (Å²) in [6.07, 6.45) is 9.15. The molecule has 1 aliphatic heterocycles. The van der Waals surface area contributed by atoms with Gasteiger partial charge >= 0.3 is 0 Å². The van der Waals surface area contributed by atoms with Crippen LogP contribution in [0.3, 0.4) is 0 Å². The van der Waals surface area contributed by atoms with E-state index in [4.69, 9.17) is 4.74 Å². The average Bonchev–Trinajstić information content (AvgIpc) is 3.07. The highest BCUT2D eigenvalue weighted by atomic mass is 16.5. The Morgan fingerprint density at radius 2 is 2.07 bits per heavy atom. The van der Waals surface area contributed by atoms with E-state index in [1.807, 2.05) is 24.4 Å². The number of likely N-dealkylation sites (tertiary alicyclic amines) is 1. The Labute approximate surface area is 162 Å². The summed E-state index contributed by atoms with van der Waals surface area (Å²) in [5.41, 5.74) is 2.32. The maximum absolute atomic E-state index is 10.3. The van der Waals surface area contributed by atoms with Gasteiger partial charge in [0.15, 0.2) is 0 Å². The summed E-state index contributed by atoms with van der Waals surface area (Å²) in [5, 5.41) is 13.7. The molecular formula is C21H32N4O2. The summed E-state index contributed by atoms with van der Waals surface area (Å²) in [4.78, 5) is 9.49. The van der Waals surface area contributed by atoms with Crippen molar-refractivity contribution in [3.8, 4) is 5.75 Å². The number of aliphatic hydroxyl groups excluding tert-OH is 1. The second-order valence-corrected chi connectivity index (χ2v) is 7.33. The molecule has 1 aromatic heterocycles. The Kier molecular flexibility index (Phi) is 8.14. The van der Waals surface area contributed by atoms with Gasteiger partial charge in [0, 0.05) is 37.9 Å². The number of rotatable bonds is 10. The highest BCUT2D eigenvalue weighted by Crippen LogP contribution is 2.14. The minimum absolute atomic E-state index is 0.340. The predicted octanol–water partition coefficient (Wildman–Crippen LogP) is 2.36. The summed E-state index contributed by atoms with van der Waals surface area (Å²) in [7, 11) is 0. The number of hydrogen-bond acceptors (Lipinski definition) is 5. The van der Waals surface area contributed by atoms with Gasteiger partial charge in [-0.15, -0.1) is 0 Å². The minimum atomic E-state index is -0.445. The second kappa shape index (κ2) is 11.1. The molecule has 0 aliphatic carbocycles. The van der Waals surface area contributed by atoms with E-state index in [2.05, 4.69) is 26.3 Å². The maximum Gasteiger partial charge on any atom is 0.119 e. The Morgan fingerprint density at radius 1 is 1.22 bits per heavy atom. The average molecular weight is 373 g/mol. The van der Waals surface area contributed by atoms with Crippen LogP contribution in [-0.4, -0.2) is 58.9 Å². The van der Waals surface area contributed by atoms with Crippen molar-refractivity contribution in [3.63, 3.8) is 0 Å². The molecule has 1 aliphatic rings. The fourth-order valence-electron chi connectivity index (χ4n) is 3.48. The summed E-state index contributed by atoms with van der Waals surface area (Å²) < 4.78 is 5.83. The molecule has 0 spiro atoms. The van der Waals surface area contributed by atoms with Crippen LogP contribution in [0.2, 0.25) is 0 Å². The lowest BCUT2D eigenvalue weighted by atomic mass is 10.2. The van der Waals surface area contributed by atoms with E-state index in [0.29, 0.717) is 13.2 Å². The highest BCUT2D eigenvalue weighted by molar-refractivity contribution is 5.28. The number of nitrogens with zero attached hydrogens (tertiary/aromatic N) is 2. The molecule has 6 nitrogen and oxygen atoms in total. The smallest absolute Gasteiger partial charge is 0.119 e. The number of β-amino-alcohol motifs (C(OH)–C–C–N with tert-alkyl or cyclic N) is 1. The van der Waals surface area contributed by atoms with Crippen LogP contribution in [0.25, 0.3) is 0 Å². The first-order valence-electron chi connectivity index (χ1n) is 10.1. The van der Waals surface area contributed by atoms with E-state index in [1.54, 1.807) is 6.33 Å². The quantitative estimate of drug-likeness (QED) is 0.559. The summed E-state index contributed by atoms with van der Waals surface area (Å²) in [6.45, 7) is 4.92. The standard InChI is InChI=1S/C21H32N4O2/c26-20(15-25-10-3-1-2-4-11-25)16-27-21-7-5-6-18(12-21)13-22-9-8-19-14-23-17-24-19/h5-7,12,14,17,20,22,26H,1-4,8-11,13,15-16H2,(H,23,24). The molecule has 0 amide bonds. The summed E-state index contributed by atoms with van der Waals surface area (Å²) in [6, 6.07) is 8.08. The van der Waals surface area contributed by atoms with Crippen molar-refractivity contribution in [1.82, 2.24) is 20.2 Å². The maximum atomic E-state index is 10.3. The molecule has 1 unspecified atom stereocenters. The first-order chi connectivity index (χ1) is 13.3. The molecule has 3 N–H and O–H groups in total. The van der Waals surface area contributed by atoms with E-state index in [9.17, 15) is 5.11 Å². The van der Waals surface area contributed by atoms with Crippen molar-refractivity contribution in [2.75, 3.05) is 32.8 Å². The van der Waals surface area contributed by atoms with Crippen molar-refractivity contribution < 1.29 is 9.84 Å². The molecule has 148 valence electrons. The van der Waals surface area contributed by atoms with Crippen LogP contribution in [0.15, 0.2) is 36.8 Å². The SMILES string of the molecule is OC(COc1cccc(CNCCc2cnc[nH]2)c1)CN1CCCCCC1. The van der Waals surface area contributed by atoms with Crippen LogP contribution in [-0.2, 0) is 13.0 Å². The van der Waals surface area contributed by atoms with E-state index >= 15 is 0 Å². The van der Waals surface area contributed by atoms with Crippen LogP contribution < -0.4 is 10.1 Å². The monoisotopic (exact) mass is 372 g/mol. The molecular weight excluding hydrogens is 340 g/mol. The molecule has 0 saturated carbocycles. The van der Waals surface area contributed by atoms with Crippen LogP contribution in [0.5, 0.6) is 5.75 Å². The Balaban J connectivity index is 1.36. The van der Waals surface area contributed by atoms with Crippen LogP contribution in [0.1, 0.15) is 36.9 Å². The van der Waals surface area contributed by atoms with Gasteiger partial charge in [0.25, 0.3) is 0 Å². The van der Waals surface area contributed by atoms with Crippen molar-refractivity contribution in [2.24, 2.45) is 0 Å². The first kappa shape index (κ1) is 19.9. The number of aliphatic hydroxyl groups is 1. The fraction of sp³-hybridized carbons (Fsp3) is 0.571. The third kappa shape index (κ3) is 7.33. The molecule has 0 radical (unpaired) electrons. The normalized spacial score (nSPS) is 16.8. The van der Waals surface area contributed by atoms with Gasteiger partial charge in [-0.1, -0.05) is 25.0 Å². The lowest BCUT2D eigenvalue weighted by molar-refractivity contribution is 0.0693. The van der Waals surface area contributed by atoms with E-state index in [1.165, 1.54) is 31.2 Å². The third-order valence-electron chi connectivity index (χ3n) is 4.96. The van der Waals surface area contributed by atoms with Crippen LogP contribution in [0, 0.1) is 0 Å². The number of aromatic nitrogens is 2. The molecule has 2 heterocycles. The summed E-state index contributed by atoms with van der Waals surface area (Å²) >= 11 is 0. The van der Waals surface area contributed by atoms with Gasteiger partial charge in [-0.3, -0.25) is 0 Å². The molecule has 1 saturated heterocycles. The molecule has 6 heteroatoms. The Hall–Kier alpha value is -1.89. The number of hydrogen-bond donors (Lipinski definition) is 3. The molecule has 27 heavy (non-hydrogen) atoms. The zero-order valence-corrected chi connectivity index (χ0v) is 16.1. The lowest BCUT2D eigenvalue weighted by Gasteiger charge is -2.23. The zero-order valence-electron chi connectivity index (χ0n) is 16.1. The van der Waals surface area contributed by atoms with Crippen molar-refractivity contribution in [3.05, 3.63) is 48.0 Å². The third-order valence-corrected chi connectivity index (χ3v) is 4.96. The molecule has 1 fully saturated rings.